The third kappa shape index (κ3) is 4.67. The molecule has 0 fully saturated rings. The minimum atomic E-state index is -5.16. The normalized spacial score (nSPS) is 11.4. The van der Waals surface area contributed by atoms with Crippen molar-refractivity contribution in [2.75, 3.05) is 0 Å². The zero-order chi connectivity index (χ0) is 19.6. The number of nitrogens with zero attached hydrogens (tertiary/aromatic N) is 1. The Hall–Kier alpha value is -3.28. The van der Waals surface area contributed by atoms with Crippen molar-refractivity contribution in [1.29, 1.82) is 0 Å². The molecular formula is C15H9F3N2O6S. The lowest BCUT2D eigenvalue weighted by atomic mass is 10.1. The standard InChI is InChI=1S/C15H9F3N2O6S/c16-12-5-8(14-19-15(21)25-20-14)6-13(17)11(12)7-24-9-1-3-10(4-2-9)26-27(18,22)23/h1-6H,7H2,(H,19,20,21). The molecule has 27 heavy (non-hydrogen) atoms. The van der Waals surface area contributed by atoms with Gasteiger partial charge in [0.15, 0.2) is 5.82 Å². The smallest absolute Gasteiger partial charge is 0.488 e. The van der Waals surface area contributed by atoms with E-state index in [1.165, 1.54) is 12.1 Å². The maximum absolute atomic E-state index is 14.2. The second kappa shape index (κ2) is 7.15. The van der Waals surface area contributed by atoms with Crippen molar-refractivity contribution in [2.24, 2.45) is 0 Å². The molecule has 12 heteroatoms. The summed E-state index contributed by atoms with van der Waals surface area (Å²) in [6, 6.07) is 6.54. The van der Waals surface area contributed by atoms with E-state index in [0.29, 0.717) is 0 Å². The van der Waals surface area contributed by atoms with E-state index in [1.807, 2.05) is 0 Å². The Kier molecular flexibility index (Phi) is 4.90. The number of aromatic nitrogens is 2. The number of rotatable bonds is 6. The molecule has 1 aromatic heterocycles. The van der Waals surface area contributed by atoms with Crippen molar-refractivity contribution in [3.63, 3.8) is 0 Å². The highest BCUT2D eigenvalue weighted by molar-refractivity contribution is 7.81. The summed E-state index contributed by atoms with van der Waals surface area (Å²) in [5.41, 5.74) is -0.426. The summed E-state index contributed by atoms with van der Waals surface area (Å²) in [7, 11) is -5.16. The predicted molar refractivity (Wildman–Crippen MR) is 83.9 cm³/mol. The molecule has 1 N–H and O–H groups in total. The number of halogens is 3. The molecule has 0 unspecified atom stereocenters. The average molecular weight is 402 g/mol. The van der Waals surface area contributed by atoms with Crippen LogP contribution < -0.4 is 14.7 Å². The van der Waals surface area contributed by atoms with Crippen molar-refractivity contribution in [2.45, 2.75) is 6.61 Å². The molecule has 0 radical (unpaired) electrons. The van der Waals surface area contributed by atoms with E-state index in [-0.39, 0.29) is 22.9 Å². The molecule has 0 atom stereocenters. The number of nitrogens with one attached hydrogen (secondary N) is 1. The van der Waals surface area contributed by atoms with Crippen molar-refractivity contribution >= 4 is 10.5 Å². The Morgan fingerprint density at radius 1 is 1.07 bits per heavy atom. The molecule has 0 spiro atoms. The molecule has 2 aromatic carbocycles. The molecule has 0 aliphatic carbocycles. The Bertz CT molecular complexity index is 1100. The van der Waals surface area contributed by atoms with Crippen LogP contribution in [0.2, 0.25) is 0 Å². The molecule has 0 bridgehead atoms. The summed E-state index contributed by atoms with van der Waals surface area (Å²) in [5.74, 6) is -3.07. The molecule has 0 aliphatic rings. The largest absolute Gasteiger partial charge is 0.489 e. The van der Waals surface area contributed by atoms with Crippen LogP contribution in [0.1, 0.15) is 5.56 Å². The number of H-pyrrole nitrogens is 1. The van der Waals surface area contributed by atoms with Crippen molar-refractivity contribution in [3.05, 3.63) is 64.1 Å². The average Bonchev–Trinajstić information content (AvgIpc) is 3.00. The van der Waals surface area contributed by atoms with Gasteiger partial charge >= 0.3 is 16.3 Å². The van der Waals surface area contributed by atoms with Crippen molar-refractivity contribution in [1.82, 2.24) is 10.1 Å². The van der Waals surface area contributed by atoms with Gasteiger partial charge in [0, 0.05) is 5.56 Å². The van der Waals surface area contributed by atoms with Gasteiger partial charge in [0.05, 0.1) is 5.56 Å². The fourth-order valence-electron chi connectivity index (χ4n) is 2.09. The second-order valence-electron chi connectivity index (χ2n) is 5.10. The van der Waals surface area contributed by atoms with E-state index in [9.17, 15) is 25.9 Å². The van der Waals surface area contributed by atoms with Crippen LogP contribution in [-0.4, -0.2) is 18.6 Å². The van der Waals surface area contributed by atoms with Gasteiger partial charge in [-0.25, -0.2) is 13.6 Å². The highest BCUT2D eigenvalue weighted by Gasteiger charge is 2.15. The summed E-state index contributed by atoms with van der Waals surface area (Å²) < 4.78 is 74.9. The topological polar surface area (TPSA) is 111 Å². The third-order valence-electron chi connectivity index (χ3n) is 3.26. The van der Waals surface area contributed by atoms with E-state index in [2.05, 4.69) is 18.8 Å². The Morgan fingerprint density at radius 2 is 1.67 bits per heavy atom. The lowest BCUT2D eigenvalue weighted by Crippen LogP contribution is -2.04. The number of benzene rings is 2. The van der Waals surface area contributed by atoms with Crippen LogP contribution in [0.5, 0.6) is 11.5 Å². The maximum atomic E-state index is 14.2. The minimum absolute atomic E-state index is 0.0338. The van der Waals surface area contributed by atoms with Crippen LogP contribution in [0.15, 0.2) is 45.7 Å². The first-order valence-corrected chi connectivity index (χ1v) is 8.43. The molecule has 0 aliphatic heterocycles. The first-order chi connectivity index (χ1) is 12.7. The highest BCUT2D eigenvalue weighted by atomic mass is 32.3. The van der Waals surface area contributed by atoms with Gasteiger partial charge in [0.1, 0.15) is 29.7 Å². The van der Waals surface area contributed by atoms with E-state index in [0.717, 1.165) is 24.3 Å². The van der Waals surface area contributed by atoms with Gasteiger partial charge in [0.2, 0.25) is 0 Å². The summed E-state index contributed by atoms with van der Waals surface area (Å²) >= 11 is 0. The molecule has 8 nitrogen and oxygen atoms in total. The van der Waals surface area contributed by atoms with Gasteiger partial charge in [-0.3, -0.25) is 9.51 Å². The summed E-state index contributed by atoms with van der Waals surface area (Å²) in [6.45, 7) is -0.491. The third-order valence-corrected chi connectivity index (χ3v) is 3.65. The van der Waals surface area contributed by atoms with Crippen LogP contribution >= 0.6 is 0 Å². The van der Waals surface area contributed by atoms with Crippen LogP contribution in [0.4, 0.5) is 12.7 Å². The van der Waals surface area contributed by atoms with E-state index < -0.39 is 40.1 Å². The number of ether oxygens (including phenoxy) is 1. The molecule has 0 saturated heterocycles. The van der Waals surface area contributed by atoms with Crippen LogP contribution in [0.25, 0.3) is 11.4 Å². The van der Waals surface area contributed by atoms with Gasteiger partial charge in [-0.2, -0.15) is 8.42 Å². The van der Waals surface area contributed by atoms with Gasteiger partial charge in [0.25, 0.3) is 0 Å². The monoisotopic (exact) mass is 402 g/mol. The van der Waals surface area contributed by atoms with E-state index in [4.69, 9.17) is 4.74 Å². The first kappa shape index (κ1) is 18.5. The van der Waals surface area contributed by atoms with Gasteiger partial charge < -0.3 is 8.92 Å². The van der Waals surface area contributed by atoms with Gasteiger partial charge in [-0.1, -0.05) is 9.04 Å². The quantitative estimate of drug-likeness (QED) is 0.631. The molecule has 0 saturated carbocycles. The lowest BCUT2D eigenvalue weighted by Gasteiger charge is -2.09. The zero-order valence-corrected chi connectivity index (χ0v) is 13.9. The molecule has 3 rings (SSSR count). The molecule has 0 amide bonds. The molecule has 1 heterocycles. The maximum Gasteiger partial charge on any atom is 0.488 e. The number of aromatic amines is 1. The Morgan fingerprint density at radius 3 is 2.19 bits per heavy atom. The lowest BCUT2D eigenvalue weighted by molar-refractivity contribution is 0.292. The summed E-state index contributed by atoms with van der Waals surface area (Å²) in [5, 5.41) is 3.34. The SMILES string of the molecule is O=c1[nH]c(-c2cc(F)c(COc3ccc(OS(=O)(=O)F)cc3)c(F)c2)no1. The van der Waals surface area contributed by atoms with Crippen LogP contribution in [0, 0.1) is 11.6 Å². The zero-order valence-electron chi connectivity index (χ0n) is 13.1. The number of hydrogen-bond acceptors (Lipinski definition) is 7. The molecular weight excluding hydrogens is 393 g/mol. The summed E-state index contributed by atoms with van der Waals surface area (Å²) in [4.78, 5) is 13.1. The summed E-state index contributed by atoms with van der Waals surface area (Å²) in [6.07, 6.45) is 0. The number of hydrogen-bond donors (Lipinski definition) is 1. The van der Waals surface area contributed by atoms with Crippen molar-refractivity contribution < 1.29 is 34.5 Å². The van der Waals surface area contributed by atoms with Gasteiger partial charge in [-0.05, 0) is 36.4 Å². The second-order valence-corrected chi connectivity index (χ2v) is 6.05. The Labute approximate surface area is 149 Å². The fraction of sp³-hybridized carbons (Fsp3) is 0.0667. The molecule has 3 aromatic rings. The predicted octanol–water partition coefficient (Wildman–Crippen LogP) is 2.48. The van der Waals surface area contributed by atoms with Crippen LogP contribution in [0.3, 0.4) is 0 Å². The van der Waals surface area contributed by atoms with Crippen LogP contribution in [-0.2, 0) is 17.1 Å². The minimum Gasteiger partial charge on any atom is -0.489 e. The van der Waals surface area contributed by atoms with E-state index >= 15 is 0 Å². The van der Waals surface area contributed by atoms with E-state index in [1.54, 1.807) is 0 Å². The highest BCUT2D eigenvalue weighted by Crippen LogP contribution is 2.24. The van der Waals surface area contributed by atoms with Gasteiger partial charge in [-0.15, -0.1) is 0 Å². The van der Waals surface area contributed by atoms with Crippen molar-refractivity contribution in [3.8, 4) is 22.9 Å². The first-order valence-electron chi connectivity index (χ1n) is 7.12. The fourth-order valence-corrected chi connectivity index (χ4v) is 2.43. The molecule has 142 valence electrons. The Balaban J connectivity index is 1.73.